The number of H-pyrrole nitrogens is 1. The van der Waals surface area contributed by atoms with Gasteiger partial charge < -0.3 is 4.98 Å². The van der Waals surface area contributed by atoms with E-state index in [1.807, 2.05) is 24.4 Å². The molecule has 0 atom stereocenters. The van der Waals surface area contributed by atoms with Gasteiger partial charge in [-0.3, -0.25) is 4.98 Å². The number of hydrogen-bond acceptors (Lipinski definition) is 3. The van der Waals surface area contributed by atoms with Gasteiger partial charge in [0.25, 0.3) is 0 Å². The first-order chi connectivity index (χ1) is 9.92. The fraction of sp³-hybridized carbons (Fsp3) is 0.400. The lowest BCUT2D eigenvalue weighted by Crippen LogP contribution is -2.14. The first kappa shape index (κ1) is 11.6. The summed E-state index contributed by atoms with van der Waals surface area (Å²) in [5, 5.41) is 4.52. The van der Waals surface area contributed by atoms with E-state index in [1.165, 1.54) is 32.1 Å². The van der Waals surface area contributed by atoms with E-state index < -0.39 is 0 Å². The minimum Gasteiger partial charge on any atom is -0.334 e. The van der Waals surface area contributed by atoms with Crippen molar-refractivity contribution in [3.63, 3.8) is 0 Å². The molecule has 0 saturated heterocycles. The highest BCUT2D eigenvalue weighted by Gasteiger charge is 2.20. The number of aromatic amines is 1. The molecule has 3 heterocycles. The Labute approximate surface area is 117 Å². The third-order valence-electron chi connectivity index (χ3n) is 4.07. The Bertz CT molecular complexity index is 706. The summed E-state index contributed by atoms with van der Waals surface area (Å²) in [4.78, 5) is 12.4. The maximum Gasteiger partial charge on any atom is 0.177 e. The van der Waals surface area contributed by atoms with Crippen LogP contribution in [0.4, 0.5) is 0 Å². The first-order valence-corrected chi connectivity index (χ1v) is 7.26. The van der Waals surface area contributed by atoms with Gasteiger partial charge in [-0.25, -0.2) is 9.67 Å². The number of rotatable bonds is 2. The van der Waals surface area contributed by atoms with Crippen LogP contribution in [0.5, 0.6) is 0 Å². The number of nitrogens with zero attached hydrogens (tertiary/aromatic N) is 4. The van der Waals surface area contributed by atoms with E-state index in [9.17, 15) is 0 Å². The van der Waals surface area contributed by atoms with Gasteiger partial charge in [0, 0.05) is 6.20 Å². The van der Waals surface area contributed by atoms with Crippen LogP contribution in [0.15, 0.2) is 30.6 Å². The Kier molecular flexibility index (Phi) is 2.76. The van der Waals surface area contributed by atoms with E-state index in [-0.39, 0.29) is 0 Å². The van der Waals surface area contributed by atoms with Crippen LogP contribution in [-0.2, 0) is 0 Å². The van der Waals surface area contributed by atoms with Crippen molar-refractivity contribution in [2.45, 2.75) is 38.1 Å². The second kappa shape index (κ2) is 4.74. The van der Waals surface area contributed by atoms with Crippen molar-refractivity contribution in [3.05, 3.63) is 30.6 Å². The minimum absolute atomic E-state index is 0.501. The first-order valence-electron chi connectivity index (χ1n) is 7.26. The van der Waals surface area contributed by atoms with E-state index in [1.54, 1.807) is 6.20 Å². The maximum atomic E-state index is 4.70. The van der Waals surface area contributed by atoms with Crippen LogP contribution >= 0.6 is 0 Å². The van der Waals surface area contributed by atoms with Gasteiger partial charge in [-0.1, -0.05) is 25.3 Å². The molecule has 0 radical (unpaired) electrons. The van der Waals surface area contributed by atoms with Crippen LogP contribution in [0.3, 0.4) is 0 Å². The van der Waals surface area contributed by atoms with Gasteiger partial charge in [0.05, 0.1) is 12.2 Å². The van der Waals surface area contributed by atoms with Crippen LogP contribution in [-0.4, -0.2) is 24.7 Å². The quantitative estimate of drug-likeness (QED) is 0.774. The highest BCUT2D eigenvalue weighted by molar-refractivity contribution is 5.75. The zero-order valence-corrected chi connectivity index (χ0v) is 11.3. The average molecular weight is 267 g/mol. The van der Waals surface area contributed by atoms with E-state index in [2.05, 4.69) is 19.7 Å². The molecule has 0 bridgehead atoms. The molecule has 1 aliphatic carbocycles. The number of imidazole rings is 1. The standard InChI is InChI=1S/C15H17N5/c1-2-6-11(7-3-1)20-15-13(10-17-20)18-14(19-15)12-8-4-5-9-16-12/h4-5,8-11H,1-3,6-7H2,(H,18,19). The van der Waals surface area contributed by atoms with Crippen LogP contribution < -0.4 is 0 Å². The van der Waals surface area contributed by atoms with Gasteiger partial charge in [-0.15, -0.1) is 0 Å². The topological polar surface area (TPSA) is 59.4 Å². The van der Waals surface area contributed by atoms with Crippen molar-refractivity contribution >= 4 is 11.2 Å². The Morgan fingerprint density at radius 3 is 2.85 bits per heavy atom. The molecule has 0 unspecified atom stereocenters. The Hall–Kier alpha value is -2.17. The van der Waals surface area contributed by atoms with Crippen molar-refractivity contribution in [2.75, 3.05) is 0 Å². The zero-order valence-electron chi connectivity index (χ0n) is 11.3. The molecule has 4 rings (SSSR count). The van der Waals surface area contributed by atoms with E-state index in [0.717, 1.165) is 22.7 Å². The summed E-state index contributed by atoms with van der Waals surface area (Å²) in [7, 11) is 0. The molecule has 1 N–H and O–H groups in total. The van der Waals surface area contributed by atoms with Gasteiger partial charge in [-0.2, -0.15) is 5.10 Å². The molecule has 3 aromatic heterocycles. The molecule has 0 aliphatic heterocycles. The van der Waals surface area contributed by atoms with Gasteiger partial charge in [0.15, 0.2) is 11.5 Å². The Balaban J connectivity index is 1.75. The summed E-state index contributed by atoms with van der Waals surface area (Å²) in [5.74, 6) is 0.822. The van der Waals surface area contributed by atoms with Crippen LogP contribution in [0, 0.1) is 0 Å². The number of hydrogen-bond donors (Lipinski definition) is 1. The predicted octanol–water partition coefficient (Wildman–Crippen LogP) is 3.33. The highest BCUT2D eigenvalue weighted by atomic mass is 15.3. The normalized spacial score (nSPS) is 16.8. The maximum absolute atomic E-state index is 4.70. The van der Waals surface area contributed by atoms with Crippen LogP contribution in [0.2, 0.25) is 0 Å². The lowest BCUT2D eigenvalue weighted by Gasteiger charge is -2.21. The lowest BCUT2D eigenvalue weighted by molar-refractivity contribution is 0.336. The molecule has 5 heteroatoms. The van der Waals surface area contributed by atoms with Crippen molar-refractivity contribution in [3.8, 4) is 11.5 Å². The molecule has 5 nitrogen and oxygen atoms in total. The molecule has 1 saturated carbocycles. The molecular formula is C15H17N5. The summed E-state index contributed by atoms with van der Waals surface area (Å²) < 4.78 is 2.09. The molecule has 102 valence electrons. The van der Waals surface area contributed by atoms with Crippen LogP contribution in [0.1, 0.15) is 38.1 Å². The smallest absolute Gasteiger partial charge is 0.177 e. The number of aromatic nitrogens is 5. The SMILES string of the molecule is c1ccc(-c2nc3c(cnn3C3CCCCC3)[nH]2)nc1. The minimum atomic E-state index is 0.501. The monoisotopic (exact) mass is 267 g/mol. The molecule has 1 fully saturated rings. The van der Waals surface area contributed by atoms with Crippen LogP contribution in [0.25, 0.3) is 22.7 Å². The van der Waals surface area contributed by atoms with E-state index in [0.29, 0.717) is 6.04 Å². The van der Waals surface area contributed by atoms with Gasteiger partial charge >= 0.3 is 0 Å². The van der Waals surface area contributed by atoms with Gasteiger partial charge in [0.1, 0.15) is 11.2 Å². The predicted molar refractivity (Wildman–Crippen MR) is 77.2 cm³/mol. The number of nitrogens with one attached hydrogen (secondary N) is 1. The summed E-state index contributed by atoms with van der Waals surface area (Å²) in [6, 6.07) is 6.36. The Morgan fingerprint density at radius 2 is 2.05 bits per heavy atom. The van der Waals surface area contributed by atoms with E-state index >= 15 is 0 Å². The average Bonchev–Trinajstić information content (AvgIpc) is 3.09. The summed E-state index contributed by atoms with van der Waals surface area (Å²) in [6.07, 6.45) is 10.0. The third-order valence-corrected chi connectivity index (χ3v) is 4.07. The zero-order chi connectivity index (χ0) is 13.4. The molecular weight excluding hydrogens is 250 g/mol. The number of pyridine rings is 1. The molecule has 1 aliphatic rings. The summed E-state index contributed by atoms with van der Waals surface area (Å²) in [5.41, 5.74) is 2.83. The lowest BCUT2D eigenvalue weighted by atomic mass is 9.96. The second-order valence-electron chi connectivity index (χ2n) is 5.42. The fourth-order valence-corrected chi connectivity index (χ4v) is 3.03. The number of fused-ring (bicyclic) bond motifs is 1. The van der Waals surface area contributed by atoms with Crippen molar-refractivity contribution < 1.29 is 0 Å². The van der Waals surface area contributed by atoms with Crippen molar-refractivity contribution in [1.82, 2.24) is 24.7 Å². The van der Waals surface area contributed by atoms with E-state index in [4.69, 9.17) is 4.98 Å². The van der Waals surface area contributed by atoms with Gasteiger partial charge in [0.2, 0.25) is 0 Å². The fourth-order valence-electron chi connectivity index (χ4n) is 3.03. The third kappa shape index (κ3) is 1.90. The van der Waals surface area contributed by atoms with Crippen molar-refractivity contribution in [1.29, 1.82) is 0 Å². The van der Waals surface area contributed by atoms with Crippen molar-refractivity contribution in [2.24, 2.45) is 0 Å². The molecule has 0 aromatic carbocycles. The molecule has 0 amide bonds. The summed E-state index contributed by atoms with van der Waals surface area (Å²) in [6.45, 7) is 0. The molecule has 3 aromatic rings. The molecule has 20 heavy (non-hydrogen) atoms. The highest BCUT2D eigenvalue weighted by Crippen LogP contribution is 2.30. The molecule has 0 spiro atoms. The summed E-state index contributed by atoms with van der Waals surface area (Å²) >= 11 is 0. The second-order valence-corrected chi connectivity index (χ2v) is 5.42. The Morgan fingerprint density at radius 1 is 1.15 bits per heavy atom. The largest absolute Gasteiger partial charge is 0.334 e. The van der Waals surface area contributed by atoms with Gasteiger partial charge in [-0.05, 0) is 25.0 Å².